The van der Waals surface area contributed by atoms with Crippen LogP contribution in [0.25, 0.3) is 0 Å². The number of carbonyl (C=O) groups is 3. The van der Waals surface area contributed by atoms with Gasteiger partial charge in [-0.1, -0.05) is 50.7 Å². The van der Waals surface area contributed by atoms with E-state index in [0.29, 0.717) is 25.8 Å². The first-order valence-corrected chi connectivity index (χ1v) is 10.7. The van der Waals surface area contributed by atoms with Gasteiger partial charge in [-0.05, 0) is 43.9 Å². The fourth-order valence-corrected chi connectivity index (χ4v) is 3.59. The molecule has 0 atom stereocenters. The number of imide groups is 1. The second-order valence-corrected chi connectivity index (χ2v) is 7.81. The molecule has 28 heavy (non-hydrogen) atoms. The summed E-state index contributed by atoms with van der Waals surface area (Å²) in [6.45, 7) is 4.68. The van der Waals surface area contributed by atoms with Gasteiger partial charge in [0.2, 0.25) is 17.7 Å². The molecule has 1 aromatic rings. The summed E-state index contributed by atoms with van der Waals surface area (Å²) in [5.41, 5.74) is 3.24. The van der Waals surface area contributed by atoms with E-state index in [2.05, 4.69) is 18.3 Å². The number of nitrogens with one attached hydrogen (secondary N) is 1. The van der Waals surface area contributed by atoms with Crippen LogP contribution in [-0.2, 0) is 14.4 Å². The predicted octanol–water partition coefficient (Wildman–Crippen LogP) is 4.90. The van der Waals surface area contributed by atoms with Crippen molar-refractivity contribution in [3.8, 4) is 0 Å². The smallest absolute Gasteiger partial charge is 0.229 e. The maximum atomic E-state index is 12.1. The summed E-state index contributed by atoms with van der Waals surface area (Å²) < 4.78 is 0. The number of likely N-dealkylation sites (tertiary alicyclic amines) is 1. The summed E-state index contributed by atoms with van der Waals surface area (Å²) in [7, 11) is 0. The molecule has 3 amide bonds. The van der Waals surface area contributed by atoms with Crippen LogP contribution in [0, 0.1) is 13.8 Å². The Hall–Kier alpha value is -2.17. The molecule has 0 saturated carbocycles. The van der Waals surface area contributed by atoms with E-state index in [1.807, 2.05) is 19.1 Å². The quantitative estimate of drug-likeness (QED) is 0.410. The molecule has 1 aliphatic rings. The van der Waals surface area contributed by atoms with Crippen molar-refractivity contribution in [2.75, 3.05) is 11.9 Å². The van der Waals surface area contributed by atoms with Gasteiger partial charge >= 0.3 is 0 Å². The van der Waals surface area contributed by atoms with E-state index < -0.39 is 0 Å². The second kappa shape index (κ2) is 11.6. The minimum Gasteiger partial charge on any atom is -0.326 e. The van der Waals surface area contributed by atoms with E-state index in [-0.39, 0.29) is 17.7 Å². The number of nitrogens with zero attached hydrogens (tertiary/aromatic N) is 1. The summed E-state index contributed by atoms with van der Waals surface area (Å²) in [6.07, 6.45) is 9.99. The van der Waals surface area contributed by atoms with Crippen LogP contribution in [0.5, 0.6) is 0 Å². The number of benzene rings is 1. The van der Waals surface area contributed by atoms with Gasteiger partial charge in [-0.15, -0.1) is 0 Å². The van der Waals surface area contributed by atoms with Crippen molar-refractivity contribution in [2.45, 2.75) is 84.5 Å². The van der Waals surface area contributed by atoms with Gasteiger partial charge in [-0.25, -0.2) is 0 Å². The van der Waals surface area contributed by atoms with Crippen LogP contribution in [0.4, 0.5) is 5.69 Å². The third kappa shape index (κ3) is 7.10. The highest BCUT2D eigenvalue weighted by Gasteiger charge is 2.27. The van der Waals surface area contributed by atoms with E-state index in [9.17, 15) is 14.4 Å². The Kier molecular flexibility index (Phi) is 9.18. The van der Waals surface area contributed by atoms with Gasteiger partial charge in [-0.3, -0.25) is 19.3 Å². The first-order chi connectivity index (χ1) is 13.5. The van der Waals surface area contributed by atoms with Crippen LogP contribution in [0.2, 0.25) is 0 Å². The lowest BCUT2D eigenvalue weighted by Crippen LogP contribution is -2.29. The molecule has 1 heterocycles. The van der Waals surface area contributed by atoms with Gasteiger partial charge in [-0.2, -0.15) is 0 Å². The van der Waals surface area contributed by atoms with Crippen molar-refractivity contribution in [1.82, 2.24) is 4.90 Å². The molecule has 154 valence electrons. The number of carbonyl (C=O) groups excluding carboxylic acids is 3. The molecule has 2 rings (SSSR count). The van der Waals surface area contributed by atoms with Crippen LogP contribution in [0.1, 0.15) is 81.8 Å². The maximum Gasteiger partial charge on any atom is 0.229 e. The summed E-state index contributed by atoms with van der Waals surface area (Å²) in [4.78, 5) is 36.5. The first kappa shape index (κ1) is 22.1. The molecule has 1 saturated heterocycles. The highest BCUT2D eigenvalue weighted by atomic mass is 16.2. The fourth-order valence-electron chi connectivity index (χ4n) is 3.59. The van der Waals surface area contributed by atoms with E-state index >= 15 is 0 Å². The number of hydrogen-bond donors (Lipinski definition) is 1. The predicted molar refractivity (Wildman–Crippen MR) is 112 cm³/mol. The molecule has 0 spiro atoms. The summed E-state index contributed by atoms with van der Waals surface area (Å²) in [5.74, 6) is 0.0814. The summed E-state index contributed by atoms with van der Waals surface area (Å²) in [5, 5.41) is 3.01. The van der Waals surface area contributed by atoms with Crippen molar-refractivity contribution in [3.63, 3.8) is 0 Å². The Bertz CT molecular complexity index is 668. The Morgan fingerprint density at radius 2 is 1.46 bits per heavy atom. The van der Waals surface area contributed by atoms with E-state index in [0.717, 1.165) is 49.8 Å². The summed E-state index contributed by atoms with van der Waals surface area (Å²) >= 11 is 0. The van der Waals surface area contributed by atoms with Gasteiger partial charge < -0.3 is 5.32 Å². The molecule has 5 heteroatoms. The normalized spacial score (nSPS) is 14.0. The lowest BCUT2D eigenvalue weighted by atomic mass is 10.1. The molecular formula is C23H34N2O3. The van der Waals surface area contributed by atoms with Gasteiger partial charge in [0.05, 0.1) is 0 Å². The maximum absolute atomic E-state index is 12.1. The Labute approximate surface area is 168 Å². The van der Waals surface area contributed by atoms with E-state index in [4.69, 9.17) is 0 Å². The standard InChI is InChI=1S/C23H34N2O3/c1-18-12-11-13-20(19(18)2)24-21(26)14-9-7-5-3-4-6-8-10-17-25-22(27)15-16-23(25)28/h11-13H,3-10,14-17H2,1-2H3,(H,24,26). The van der Waals surface area contributed by atoms with Crippen LogP contribution < -0.4 is 5.32 Å². The van der Waals surface area contributed by atoms with Gasteiger partial charge in [0.1, 0.15) is 0 Å². The lowest BCUT2D eigenvalue weighted by Gasteiger charge is -2.13. The summed E-state index contributed by atoms with van der Waals surface area (Å²) in [6, 6.07) is 5.98. The number of aryl methyl sites for hydroxylation is 1. The van der Waals surface area contributed by atoms with E-state index in [1.54, 1.807) is 0 Å². The van der Waals surface area contributed by atoms with Crippen LogP contribution in [0.3, 0.4) is 0 Å². The fraction of sp³-hybridized carbons (Fsp3) is 0.609. The molecule has 1 N–H and O–H groups in total. The molecule has 0 aliphatic carbocycles. The number of rotatable bonds is 12. The van der Waals surface area contributed by atoms with Gasteiger partial charge in [0.15, 0.2) is 0 Å². The van der Waals surface area contributed by atoms with Crippen molar-refractivity contribution in [3.05, 3.63) is 29.3 Å². The Balaban J connectivity index is 1.44. The molecule has 0 aromatic heterocycles. The zero-order chi connectivity index (χ0) is 20.4. The zero-order valence-corrected chi connectivity index (χ0v) is 17.4. The third-order valence-corrected chi connectivity index (χ3v) is 5.57. The average molecular weight is 387 g/mol. The minimum absolute atomic E-state index is 0.00778. The first-order valence-electron chi connectivity index (χ1n) is 10.7. The molecule has 0 radical (unpaired) electrons. The second-order valence-electron chi connectivity index (χ2n) is 7.81. The van der Waals surface area contributed by atoms with Crippen molar-refractivity contribution in [1.29, 1.82) is 0 Å². The van der Waals surface area contributed by atoms with E-state index in [1.165, 1.54) is 23.3 Å². The van der Waals surface area contributed by atoms with Gasteiger partial charge in [0, 0.05) is 31.5 Å². The van der Waals surface area contributed by atoms with Gasteiger partial charge in [0.25, 0.3) is 0 Å². The SMILES string of the molecule is Cc1cccc(NC(=O)CCCCCCCCCCN2C(=O)CCC2=O)c1C. The van der Waals surface area contributed by atoms with Crippen LogP contribution in [0.15, 0.2) is 18.2 Å². The number of amides is 3. The van der Waals surface area contributed by atoms with Crippen molar-refractivity contribution in [2.24, 2.45) is 0 Å². The third-order valence-electron chi connectivity index (χ3n) is 5.57. The number of anilines is 1. The lowest BCUT2D eigenvalue weighted by molar-refractivity contribution is -0.138. The molecule has 1 fully saturated rings. The Morgan fingerprint density at radius 3 is 2.11 bits per heavy atom. The topological polar surface area (TPSA) is 66.5 Å². The average Bonchev–Trinajstić information content (AvgIpc) is 2.98. The number of unbranched alkanes of at least 4 members (excludes halogenated alkanes) is 7. The van der Waals surface area contributed by atoms with Crippen molar-refractivity contribution < 1.29 is 14.4 Å². The highest BCUT2D eigenvalue weighted by Crippen LogP contribution is 2.19. The molecule has 0 unspecified atom stereocenters. The molecule has 1 aliphatic heterocycles. The van der Waals surface area contributed by atoms with Crippen LogP contribution >= 0.6 is 0 Å². The van der Waals surface area contributed by atoms with Crippen LogP contribution in [-0.4, -0.2) is 29.2 Å². The molecule has 0 bridgehead atoms. The molecular weight excluding hydrogens is 352 g/mol. The minimum atomic E-state index is -0.00778. The monoisotopic (exact) mass is 386 g/mol. The zero-order valence-electron chi connectivity index (χ0n) is 17.4. The number of hydrogen-bond acceptors (Lipinski definition) is 3. The molecule has 1 aromatic carbocycles. The molecule has 5 nitrogen and oxygen atoms in total. The largest absolute Gasteiger partial charge is 0.326 e. The Morgan fingerprint density at radius 1 is 0.893 bits per heavy atom. The van der Waals surface area contributed by atoms with Crippen molar-refractivity contribution >= 4 is 23.4 Å². The highest BCUT2D eigenvalue weighted by molar-refractivity contribution is 6.01.